The van der Waals surface area contributed by atoms with Crippen molar-refractivity contribution in [1.82, 2.24) is 10.6 Å². The van der Waals surface area contributed by atoms with Gasteiger partial charge in [0, 0.05) is 12.6 Å². The summed E-state index contributed by atoms with van der Waals surface area (Å²) in [4.78, 5) is 26.0. The third-order valence-corrected chi connectivity index (χ3v) is 7.73. The van der Waals surface area contributed by atoms with Gasteiger partial charge in [0.15, 0.2) is 0 Å². The minimum atomic E-state index is -0.429. The number of carbonyl (C=O) groups is 2. The van der Waals surface area contributed by atoms with E-state index in [-0.39, 0.29) is 42.3 Å². The molecule has 2 N–H and O–H groups in total. The number of nitrogens with one attached hydrogen (secondary N) is 2. The van der Waals surface area contributed by atoms with Crippen LogP contribution in [0.15, 0.2) is 0 Å². The van der Waals surface area contributed by atoms with E-state index in [4.69, 9.17) is 9.47 Å². The molecule has 4 heterocycles. The molecule has 1 unspecified atom stereocenters. The first-order chi connectivity index (χ1) is 13.3. The van der Waals surface area contributed by atoms with Crippen molar-refractivity contribution in [3.05, 3.63) is 0 Å². The predicted molar refractivity (Wildman–Crippen MR) is 106 cm³/mol. The number of ether oxygens (including phenoxy) is 2. The van der Waals surface area contributed by atoms with Gasteiger partial charge >= 0.3 is 0 Å². The van der Waals surface area contributed by atoms with Gasteiger partial charge in [-0.1, -0.05) is 19.8 Å². The molecule has 4 aliphatic rings. The monoisotopic (exact) mass is 392 g/mol. The molecule has 6 nitrogen and oxygen atoms in total. The molecule has 4 fully saturated rings. The minimum absolute atomic E-state index is 0.0320. The molecule has 4 rings (SSSR count). The number of fused-ring (bicyclic) bond motifs is 4. The molecule has 0 aromatic carbocycles. The Hall–Kier alpha value is -1.14. The third-order valence-electron chi connectivity index (χ3n) is 7.73. The Bertz CT molecular complexity index is 626. The summed E-state index contributed by atoms with van der Waals surface area (Å²) in [5.41, 5.74) is -0.853. The fourth-order valence-corrected chi connectivity index (χ4v) is 5.78. The van der Waals surface area contributed by atoms with E-state index in [9.17, 15) is 9.59 Å². The number of hydrogen-bond acceptors (Lipinski definition) is 4. The lowest BCUT2D eigenvalue weighted by atomic mass is 9.74. The first-order valence-electron chi connectivity index (χ1n) is 11.3. The Morgan fingerprint density at radius 2 is 1.54 bits per heavy atom. The van der Waals surface area contributed by atoms with Crippen LogP contribution in [-0.2, 0) is 19.1 Å². The molecule has 7 atom stereocenters. The molecular weight excluding hydrogens is 356 g/mol. The van der Waals surface area contributed by atoms with Crippen molar-refractivity contribution in [1.29, 1.82) is 0 Å². The van der Waals surface area contributed by atoms with Crippen LogP contribution in [0.1, 0.15) is 78.6 Å². The van der Waals surface area contributed by atoms with Crippen LogP contribution in [0.5, 0.6) is 0 Å². The van der Waals surface area contributed by atoms with Crippen LogP contribution in [0, 0.1) is 10.8 Å². The summed E-state index contributed by atoms with van der Waals surface area (Å²) in [6, 6.07) is -0.0320. The standard InChI is InChI=1S/C22H36N2O4/c1-4-5-6-14(24-20(26)22(3)12-16-8-10-18(22)28-16)13-23-19(25)21(2)11-15-7-9-17(21)27-15/h14-18H,4-13H2,1-3H3,(H,23,25)(H,24,26)/t14?,15-,16-,17+,18+,21+,22+/m1/s1. The molecule has 28 heavy (non-hydrogen) atoms. The van der Waals surface area contributed by atoms with E-state index in [1.165, 1.54) is 0 Å². The Kier molecular flexibility index (Phi) is 5.47. The molecule has 158 valence electrons. The van der Waals surface area contributed by atoms with E-state index in [0.717, 1.165) is 57.8 Å². The minimum Gasteiger partial charge on any atom is -0.374 e. The van der Waals surface area contributed by atoms with Gasteiger partial charge in [0.25, 0.3) is 0 Å². The maximum absolute atomic E-state index is 13.1. The molecule has 0 aliphatic carbocycles. The molecule has 2 amide bonds. The molecule has 0 saturated carbocycles. The average Bonchev–Trinajstić information content (AvgIpc) is 3.44. The van der Waals surface area contributed by atoms with Crippen LogP contribution in [-0.4, -0.2) is 48.8 Å². The molecule has 4 bridgehead atoms. The maximum atomic E-state index is 13.1. The Balaban J connectivity index is 1.34. The van der Waals surface area contributed by atoms with Crippen molar-refractivity contribution < 1.29 is 19.1 Å². The van der Waals surface area contributed by atoms with Crippen molar-refractivity contribution in [2.75, 3.05) is 6.54 Å². The highest BCUT2D eigenvalue weighted by molar-refractivity contribution is 5.85. The highest BCUT2D eigenvalue weighted by Crippen LogP contribution is 2.48. The van der Waals surface area contributed by atoms with E-state index in [2.05, 4.69) is 17.6 Å². The van der Waals surface area contributed by atoms with Crippen molar-refractivity contribution >= 4 is 11.8 Å². The second-order valence-corrected chi connectivity index (χ2v) is 9.91. The first kappa shape index (κ1) is 20.1. The molecule has 0 aromatic heterocycles. The van der Waals surface area contributed by atoms with Crippen molar-refractivity contribution in [2.45, 2.75) is 109 Å². The fraction of sp³-hybridized carbons (Fsp3) is 0.909. The van der Waals surface area contributed by atoms with Gasteiger partial charge in [-0.3, -0.25) is 9.59 Å². The molecule has 0 spiro atoms. The van der Waals surface area contributed by atoms with Crippen LogP contribution in [0.3, 0.4) is 0 Å². The molecule has 0 radical (unpaired) electrons. The van der Waals surface area contributed by atoms with Gasteiger partial charge in [0.1, 0.15) is 0 Å². The third kappa shape index (κ3) is 3.47. The van der Waals surface area contributed by atoms with Gasteiger partial charge in [0.05, 0.1) is 35.2 Å². The van der Waals surface area contributed by atoms with E-state index in [1.54, 1.807) is 0 Å². The van der Waals surface area contributed by atoms with Gasteiger partial charge in [-0.2, -0.15) is 0 Å². The fourth-order valence-electron chi connectivity index (χ4n) is 5.78. The molecule has 4 aliphatic heterocycles. The lowest BCUT2D eigenvalue weighted by molar-refractivity contribution is -0.135. The highest BCUT2D eigenvalue weighted by atomic mass is 16.5. The first-order valence-corrected chi connectivity index (χ1v) is 11.3. The maximum Gasteiger partial charge on any atom is 0.228 e. The smallest absolute Gasteiger partial charge is 0.228 e. The van der Waals surface area contributed by atoms with E-state index < -0.39 is 10.8 Å². The number of rotatable bonds is 8. The van der Waals surface area contributed by atoms with Crippen LogP contribution < -0.4 is 10.6 Å². The molecule has 0 aromatic rings. The predicted octanol–water partition coefficient (Wildman–Crippen LogP) is 2.69. The highest BCUT2D eigenvalue weighted by Gasteiger charge is 2.55. The Morgan fingerprint density at radius 1 is 0.964 bits per heavy atom. The number of carbonyl (C=O) groups excluding carboxylic acids is 2. The van der Waals surface area contributed by atoms with Crippen molar-refractivity contribution in [2.24, 2.45) is 10.8 Å². The van der Waals surface area contributed by atoms with E-state index in [1.807, 2.05) is 13.8 Å². The SMILES string of the molecule is CCCCC(CNC(=O)[C@@]1(C)C[C@H]2CC[C@@H]1O2)NC(=O)[C@@]1(C)C[C@H]2CC[C@@H]1O2. The largest absolute Gasteiger partial charge is 0.374 e. The van der Waals surface area contributed by atoms with Crippen LogP contribution in [0.2, 0.25) is 0 Å². The molecule has 4 saturated heterocycles. The van der Waals surface area contributed by atoms with Gasteiger partial charge in [0.2, 0.25) is 11.8 Å². The lowest BCUT2D eigenvalue weighted by Gasteiger charge is -2.33. The Morgan fingerprint density at radius 3 is 2.00 bits per heavy atom. The summed E-state index contributed by atoms with van der Waals surface area (Å²) in [6.07, 6.45) is 9.30. The van der Waals surface area contributed by atoms with Gasteiger partial charge in [-0.25, -0.2) is 0 Å². The lowest BCUT2D eigenvalue weighted by Crippen LogP contribution is -2.53. The summed E-state index contributed by atoms with van der Waals surface area (Å²) in [5.74, 6) is 0.162. The van der Waals surface area contributed by atoms with Crippen molar-refractivity contribution in [3.8, 4) is 0 Å². The molecule has 6 heteroatoms. The summed E-state index contributed by atoms with van der Waals surface area (Å²) >= 11 is 0. The number of unbranched alkanes of at least 4 members (excludes halogenated alkanes) is 1. The summed E-state index contributed by atoms with van der Waals surface area (Å²) in [7, 11) is 0. The van der Waals surface area contributed by atoms with Crippen LogP contribution in [0.4, 0.5) is 0 Å². The van der Waals surface area contributed by atoms with Crippen LogP contribution >= 0.6 is 0 Å². The average molecular weight is 393 g/mol. The second kappa shape index (κ2) is 7.60. The zero-order valence-electron chi connectivity index (χ0n) is 17.6. The quantitative estimate of drug-likeness (QED) is 0.666. The summed E-state index contributed by atoms with van der Waals surface area (Å²) < 4.78 is 11.8. The topological polar surface area (TPSA) is 76.7 Å². The molecular formula is C22H36N2O4. The number of amides is 2. The summed E-state index contributed by atoms with van der Waals surface area (Å²) in [6.45, 7) is 6.70. The van der Waals surface area contributed by atoms with Gasteiger partial charge in [-0.15, -0.1) is 0 Å². The zero-order chi connectivity index (χ0) is 19.9. The van der Waals surface area contributed by atoms with Gasteiger partial charge < -0.3 is 20.1 Å². The summed E-state index contributed by atoms with van der Waals surface area (Å²) in [5, 5.41) is 6.38. The van der Waals surface area contributed by atoms with E-state index in [0.29, 0.717) is 6.54 Å². The second-order valence-electron chi connectivity index (χ2n) is 9.91. The normalized spacial score (nSPS) is 42.0. The zero-order valence-corrected chi connectivity index (χ0v) is 17.6. The Labute approximate surface area is 168 Å². The van der Waals surface area contributed by atoms with Crippen LogP contribution in [0.25, 0.3) is 0 Å². The van der Waals surface area contributed by atoms with Crippen molar-refractivity contribution in [3.63, 3.8) is 0 Å². The van der Waals surface area contributed by atoms with E-state index >= 15 is 0 Å². The van der Waals surface area contributed by atoms with Gasteiger partial charge in [-0.05, 0) is 58.8 Å². The number of hydrogen-bond donors (Lipinski definition) is 2.